The first-order chi connectivity index (χ1) is 14.2. The number of likely N-dealkylation sites (tertiary alicyclic amines) is 1. The number of rotatable bonds is 5. The maximum atomic E-state index is 13.0. The molecule has 0 radical (unpaired) electrons. The van der Waals surface area contributed by atoms with Crippen LogP contribution in [0, 0.1) is 5.92 Å². The summed E-state index contributed by atoms with van der Waals surface area (Å²) in [5, 5.41) is 3.58. The second kappa shape index (κ2) is 9.37. The Hall–Kier alpha value is -2.44. The molecule has 154 valence electrons. The van der Waals surface area contributed by atoms with Gasteiger partial charge in [-0.3, -0.25) is 4.79 Å². The molecule has 1 N–H and O–H groups in total. The minimum absolute atomic E-state index is 0.110. The third kappa shape index (κ3) is 4.77. The van der Waals surface area contributed by atoms with E-state index in [1.807, 2.05) is 23.1 Å². The predicted molar refractivity (Wildman–Crippen MR) is 114 cm³/mol. The average Bonchev–Trinajstić information content (AvgIpc) is 2.80. The zero-order valence-electron chi connectivity index (χ0n) is 17.1. The maximum Gasteiger partial charge on any atom is 0.254 e. The van der Waals surface area contributed by atoms with Crippen LogP contribution in [0.15, 0.2) is 48.7 Å². The molecule has 1 aromatic carbocycles. The van der Waals surface area contributed by atoms with Crippen LogP contribution in [0.25, 0.3) is 0 Å². The molecule has 0 spiro atoms. The molecule has 4 rings (SSSR count). The third-order valence-electron chi connectivity index (χ3n) is 6.00. The Labute approximate surface area is 172 Å². The number of piperazine rings is 1. The fourth-order valence-electron chi connectivity index (χ4n) is 4.31. The highest BCUT2D eigenvalue weighted by Gasteiger charge is 2.25. The van der Waals surface area contributed by atoms with Gasteiger partial charge in [0.25, 0.3) is 5.91 Å². The van der Waals surface area contributed by atoms with Crippen LogP contribution in [-0.2, 0) is 4.74 Å². The number of carbonyl (C=O) groups excluding carboxylic acids is 1. The van der Waals surface area contributed by atoms with Crippen LogP contribution in [0.5, 0.6) is 0 Å². The van der Waals surface area contributed by atoms with Crippen molar-refractivity contribution >= 4 is 11.7 Å². The lowest BCUT2D eigenvalue weighted by atomic mass is 9.97. The number of ether oxygens (including phenoxy) is 1. The lowest BCUT2D eigenvalue weighted by molar-refractivity contribution is 0.0613. The molecule has 0 saturated carbocycles. The van der Waals surface area contributed by atoms with Crippen molar-refractivity contribution in [1.29, 1.82) is 0 Å². The standard InChI is InChI=1S/C23H30N4O2/c1-29-17-18-8-12-26(13-9-18)23(28)20-7-10-25-22(15-20)27-14-11-24-21(16-27)19-5-3-2-4-6-19/h2-7,10,15,18,21,24H,8-9,11-14,16-17H2,1H3. The molecule has 3 heterocycles. The Morgan fingerprint density at radius 1 is 1.17 bits per heavy atom. The van der Waals surface area contributed by atoms with Gasteiger partial charge in [-0.2, -0.15) is 0 Å². The number of amides is 1. The van der Waals surface area contributed by atoms with Crippen LogP contribution in [0.3, 0.4) is 0 Å². The number of pyridine rings is 1. The van der Waals surface area contributed by atoms with Gasteiger partial charge in [0.05, 0.1) is 0 Å². The van der Waals surface area contributed by atoms with E-state index in [9.17, 15) is 4.79 Å². The molecule has 6 heteroatoms. The van der Waals surface area contributed by atoms with Crippen molar-refractivity contribution in [2.45, 2.75) is 18.9 Å². The molecular weight excluding hydrogens is 364 g/mol. The molecule has 2 aliphatic rings. The SMILES string of the molecule is COCC1CCN(C(=O)c2ccnc(N3CCNC(c4ccccc4)C3)c2)CC1. The molecular formula is C23H30N4O2. The molecule has 2 aliphatic heterocycles. The number of hydrogen-bond donors (Lipinski definition) is 1. The Morgan fingerprint density at radius 3 is 2.72 bits per heavy atom. The number of benzene rings is 1. The van der Waals surface area contributed by atoms with Crippen LogP contribution < -0.4 is 10.2 Å². The summed E-state index contributed by atoms with van der Waals surface area (Å²) in [5.74, 6) is 1.56. The number of methoxy groups -OCH3 is 1. The topological polar surface area (TPSA) is 57.7 Å². The van der Waals surface area contributed by atoms with E-state index >= 15 is 0 Å². The molecule has 0 aliphatic carbocycles. The van der Waals surface area contributed by atoms with Crippen molar-refractivity contribution in [3.8, 4) is 0 Å². The Bertz CT molecular complexity index is 806. The van der Waals surface area contributed by atoms with Crippen LogP contribution in [0.1, 0.15) is 34.8 Å². The molecule has 1 atom stereocenters. The fourth-order valence-corrected chi connectivity index (χ4v) is 4.31. The summed E-state index contributed by atoms with van der Waals surface area (Å²) in [6.45, 7) is 5.01. The van der Waals surface area contributed by atoms with Crippen molar-refractivity contribution in [1.82, 2.24) is 15.2 Å². The minimum Gasteiger partial charge on any atom is -0.384 e. The zero-order chi connectivity index (χ0) is 20.1. The molecule has 2 fully saturated rings. The van der Waals surface area contributed by atoms with Crippen molar-refractivity contribution in [2.24, 2.45) is 5.92 Å². The quantitative estimate of drug-likeness (QED) is 0.845. The second-order valence-corrected chi connectivity index (χ2v) is 7.96. The molecule has 6 nitrogen and oxygen atoms in total. The third-order valence-corrected chi connectivity index (χ3v) is 6.00. The summed E-state index contributed by atoms with van der Waals surface area (Å²) >= 11 is 0. The fraction of sp³-hybridized carbons (Fsp3) is 0.478. The first-order valence-corrected chi connectivity index (χ1v) is 10.5. The Morgan fingerprint density at radius 2 is 1.97 bits per heavy atom. The van der Waals surface area contributed by atoms with Gasteiger partial charge in [-0.1, -0.05) is 30.3 Å². The number of nitrogens with zero attached hydrogens (tertiary/aromatic N) is 3. The number of aromatic nitrogens is 1. The molecule has 1 amide bonds. The van der Waals surface area contributed by atoms with Gasteiger partial charge in [0.1, 0.15) is 5.82 Å². The van der Waals surface area contributed by atoms with Gasteiger partial charge < -0.3 is 19.9 Å². The summed E-state index contributed by atoms with van der Waals surface area (Å²) in [4.78, 5) is 21.8. The number of anilines is 1. The van der Waals surface area contributed by atoms with Crippen LogP contribution in [0.2, 0.25) is 0 Å². The van der Waals surface area contributed by atoms with E-state index in [2.05, 4.69) is 39.5 Å². The van der Waals surface area contributed by atoms with E-state index in [-0.39, 0.29) is 11.9 Å². The molecule has 2 saturated heterocycles. The van der Waals surface area contributed by atoms with Gasteiger partial charge in [-0.05, 0) is 36.5 Å². The number of carbonyl (C=O) groups is 1. The van der Waals surface area contributed by atoms with Gasteiger partial charge in [-0.25, -0.2) is 4.98 Å². The average molecular weight is 395 g/mol. The van der Waals surface area contributed by atoms with E-state index < -0.39 is 0 Å². The van der Waals surface area contributed by atoms with Crippen molar-refractivity contribution < 1.29 is 9.53 Å². The second-order valence-electron chi connectivity index (χ2n) is 7.96. The summed E-state index contributed by atoms with van der Waals surface area (Å²) in [7, 11) is 1.74. The highest BCUT2D eigenvalue weighted by atomic mass is 16.5. The van der Waals surface area contributed by atoms with E-state index in [1.165, 1.54) is 5.56 Å². The van der Waals surface area contributed by atoms with Gasteiger partial charge >= 0.3 is 0 Å². The van der Waals surface area contributed by atoms with Crippen molar-refractivity contribution in [2.75, 3.05) is 51.3 Å². The lowest BCUT2D eigenvalue weighted by Crippen LogP contribution is -2.46. The van der Waals surface area contributed by atoms with Crippen molar-refractivity contribution in [3.05, 3.63) is 59.8 Å². The first kappa shape index (κ1) is 19.9. The smallest absolute Gasteiger partial charge is 0.254 e. The summed E-state index contributed by atoms with van der Waals surface area (Å²) < 4.78 is 5.26. The van der Waals surface area contributed by atoms with E-state index in [4.69, 9.17) is 4.74 Å². The van der Waals surface area contributed by atoms with E-state index in [0.717, 1.165) is 63.6 Å². The van der Waals surface area contributed by atoms with Gasteiger partial charge in [0.15, 0.2) is 0 Å². The summed E-state index contributed by atoms with van der Waals surface area (Å²) in [6, 6.07) is 14.6. The van der Waals surface area contributed by atoms with Crippen LogP contribution in [-0.4, -0.2) is 62.2 Å². The van der Waals surface area contributed by atoms with Crippen LogP contribution in [0.4, 0.5) is 5.82 Å². The monoisotopic (exact) mass is 394 g/mol. The first-order valence-electron chi connectivity index (χ1n) is 10.5. The van der Waals surface area contributed by atoms with Crippen LogP contribution >= 0.6 is 0 Å². The zero-order valence-corrected chi connectivity index (χ0v) is 17.1. The molecule has 2 aromatic rings. The Balaban J connectivity index is 1.42. The highest BCUT2D eigenvalue weighted by Crippen LogP contribution is 2.23. The molecule has 1 aromatic heterocycles. The summed E-state index contributed by atoms with van der Waals surface area (Å²) in [5.41, 5.74) is 2.01. The van der Waals surface area contributed by atoms with Gasteiger partial charge in [0, 0.05) is 64.2 Å². The van der Waals surface area contributed by atoms with E-state index in [1.54, 1.807) is 13.3 Å². The summed E-state index contributed by atoms with van der Waals surface area (Å²) in [6.07, 6.45) is 3.78. The van der Waals surface area contributed by atoms with Gasteiger partial charge in [-0.15, -0.1) is 0 Å². The number of hydrogen-bond acceptors (Lipinski definition) is 5. The predicted octanol–water partition coefficient (Wildman–Crippen LogP) is 2.73. The lowest BCUT2D eigenvalue weighted by Gasteiger charge is -2.35. The highest BCUT2D eigenvalue weighted by molar-refractivity contribution is 5.95. The molecule has 29 heavy (non-hydrogen) atoms. The number of piperidine rings is 1. The normalized spacial score (nSPS) is 20.7. The molecule has 0 bridgehead atoms. The minimum atomic E-state index is 0.110. The molecule has 1 unspecified atom stereocenters. The maximum absolute atomic E-state index is 13.0. The van der Waals surface area contributed by atoms with E-state index in [0.29, 0.717) is 5.92 Å². The number of nitrogens with one attached hydrogen (secondary N) is 1. The van der Waals surface area contributed by atoms with Crippen molar-refractivity contribution in [3.63, 3.8) is 0 Å². The largest absolute Gasteiger partial charge is 0.384 e. The van der Waals surface area contributed by atoms with Gasteiger partial charge in [0.2, 0.25) is 0 Å². The Kier molecular flexibility index (Phi) is 6.42.